The Kier molecular flexibility index (Phi) is 3.02. The fourth-order valence-electron chi connectivity index (χ4n) is 2.95. The van der Waals surface area contributed by atoms with Crippen LogP contribution in [0.2, 0.25) is 5.28 Å². The van der Waals surface area contributed by atoms with Crippen molar-refractivity contribution in [2.45, 2.75) is 51.5 Å². The van der Waals surface area contributed by atoms with E-state index in [1.165, 1.54) is 31.2 Å². The highest BCUT2D eigenvalue weighted by atomic mass is 35.5. The Hall–Kier alpha value is -1.09. The average Bonchev–Trinajstić information content (AvgIpc) is 2.93. The molecular weight excluding hydrogens is 246 g/mol. The zero-order valence-corrected chi connectivity index (χ0v) is 11.6. The molecule has 0 spiro atoms. The second kappa shape index (κ2) is 4.54. The molecule has 0 aliphatic heterocycles. The number of fused-ring (bicyclic) bond motifs is 1. The number of hydrogen-bond donors (Lipinski definition) is 0. The Morgan fingerprint density at radius 1 is 1.33 bits per heavy atom. The summed E-state index contributed by atoms with van der Waals surface area (Å²) >= 11 is 5.95. The van der Waals surface area contributed by atoms with Crippen LogP contribution >= 0.6 is 11.6 Å². The molecule has 0 bridgehead atoms. The molecule has 1 aliphatic rings. The van der Waals surface area contributed by atoms with Crippen molar-refractivity contribution in [1.82, 2.24) is 14.5 Å². The molecule has 2 heterocycles. The van der Waals surface area contributed by atoms with Gasteiger partial charge in [0, 0.05) is 23.8 Å². The molecule has 18 heavy (non-hydrogen) atoms. The van der Waals surface area contributed by atoms with Crippen molar-refractivity contribution in [2.75, 3.05) is 0 Å². The summed E-state index contributed by atoms with van der Waals surface area (Å²) < 4.78 is 2.32. The first-order valence-corrected chi connectivity index (χ1v) is 7.07. The smallest absolute Gasteiger partial charge is 0.224 e. The molecule has 0 atom stereocenters. The first-order chi connectivity index (χ1) is 8.66. The average molecular weight is 264 g/mol. The molecule has 2 aromatic rings. The monoisotopic (exact) mass is 263 g/mol. The second-order valence-electron chi connectivity index (χ2n) is 5.46. The van der Waals surface area contributed by atoms with Crippen LogP contribution in [0.5, 0.6) is 0 Å². The maximum absolute atomic E-state index is 5.95. The fourth-order valence-corrected chi connectivity index (χ4v) is 3.08. The first kappa shape index (κ1) is 12.0. The van der Waals surface area contributed by atoms with Gasteiger partial charge in [0.2, 0.25) is 5.28 Å². The number of hydrogen-bond acceptors (Lipinski definition) is 2. The third kappa shape index (κ3) is 1.91. The zero-order chi connectivity index (χ0) is 12.7. The van der Waals surface area contributed by atoms with Crippen molar-refractivity contribution < 1.29 is 0 Å². The molecule has 3 nitrogen and oxygen atoms in total. The normalized spacial score (nSPS) is 17.1. The lowest BCUT2D eigenvalue weighted by Crippen LogP contribution is -2.04. The highest BCUT2D eigenvalue weighted by Crippen LogP contribution is 2.35. The minimum Gasteiger partial charge on any atom is -0.329 e. The molecule has 96 valence electrons. The molecule has 3 rings (SSSR count). The van der Waals surface area contributed by atoms with Crippen LogP contribution in [0.15, 0.2) is 12.4 Å². The Morgan fingerprint density at radius 3 is 2.72 bits per heavy atom. The molecule has 0 aromatic carbocycles. The standard InChI is InChI=1S/C14H18ClN3/c1-9(2)12-8-18(10-5-3-4-6-10)13-11(12)7-16-14(15)17-13/h7-10H,3-6H2,1-2H3. The number of halogens is 1. The van der Waals surface area contributed by atoms with E-state index in [1.54, 1.807) is 0 Å². The van der Waals surface area contributed by atoms with Crippen LogP contribution < -0.4 is 0 Å². The molecule has 1 saturated carbocycles. The van der Waals surface area contributed by atoms with Crippen LogP contribution in [0.1, 0.15) is 57.1 Å². The van der Waals surface area contributed by atoms with E-state index in [1.807, 2.05) is 6.20 Å². The molecule has 1 aliphatic carbocycles. The molecule has 0 radical (unpaired) electrons. The van der Waals surface area contributed by atoms with E-state index < -0.39 is 0 Å². The summed E-state index contributed by atoms with van der Waals surface area (Å²) in [6.07, 6.45) is 9.27. The van der Waals surface area contributed by atoms with E-state index in [0.717, 1.165) is 11.0 Å². The van der Waals surface area contributed by atoms with E-state index >= 15 is 0 Å². The van der Waals surface area contributed by atoms with Crippen molar-refractivity contribution in [2.24, 2.45) is 0 Å². The maximum Gasteiger partial charge on any atom is 0.224 e. The molecule has 0 saturated heterocycles. The van der Waals surface area contributed by atoms with Crippen LogP contribution in [-0.2, 0) is 0 Å². The summed E-state index contributed by atoms with van der Waals surface area (Å²) in [5.74, 6) is 0.486. The van der Waals surface area contributed by atoms with E-state index in [4.69, 9.17) is 11.6 Å². The van der Waals surface area contributed by atoms with Gasteiger partial charge in [0.15, 0.2) is 0 Å². The Balaban J connectivity index is 2.20. The topological polar surface area (TPSA) is 30.7 Å². The van der Waals surface area contributed by atoms with Gasteiger partial charge in [-0.2, -0.15) is 4.98 Å². The van der Waals surface area contributed by atoms with Crippen molar-refractivity contribution in [3.05, 3.63) is 23.2 Å². The minimum absolute atomic E-state index is 0.343. The van der Waals surface area contributed by atoms with Crippen LogP contribution in [0.3, 0.4) is 0 Å². The van der Waals surface area contributed by atoms with E-state index in [-0.39, 0.29) is 0 Å². The lowest BCUT2D eigenvalue weighted by molar-refractivity contribution is 0.530. The van der Waals surface area contributed by atoms with Gasteiger partial charge in [-0.25, -0.2) is 4.98 Å². The summed E-state index contributed by atoms with van der Waals surface area (Å²) in [6.45, 7) is 4.42. The SMILES string of the molecule is CC(C)c1cn(C2CCCC2)c2nc(Cl)ncc12. The third-order valence-corrected chi connectivity index (χ3v) is 4.10. The number of aromatic nitrogens is 3. The van der Waals surface area contributed by atoms with Gasteiger partial charge in [-0.3, -0.25) is 0 Å². The lowest BCUT2D eigenvalue weighted by atomic mass is 10.1. The lowest BCUT2D eigenvalue weighted by Gasteiger charge is -2.12. The van der Waals surface area contributed by atoms with Gasteiger partial charge in [0.1, 0.15) is 5.65 Å². The van der Waals surface area contributed by atoms with E-state index in [9.17, 15) is 0 Å². The summed E-state index contributed by atoms with van der Waals surface area (Å²) in [4.78, 5) is 8.57. The van der Waals surface area contributed by atoms with Gasteiger partial charge in [-0.1, -0.05) is 26.7 Å². The van der Waals surface area contributed by atoms with Crippen molar-refractivity contribution in [1.29, 1.82) is 0 Å². The summed E-state index contributed by atoms with van der Waals surface area (Å²) in [6, 6.07) is 0.589. The Bertz CT molecular complexity index is 568. The van der Waals surface area contributed by atoms with Crippen molar-refractivity contribution >= 4 is 22.6 Å². The van der Waals surface area contributed by atoms with Gasteiger partial charge >= 0.3 is 0 Å². The predicted octanol–water partition coefficient (Wildman–Crippen LogP) is 4.32. The van der Waals surface area contributed by atoms with Gasteiger partial charge in [0.25, 0.3) is 0 Å². The largest absolute Gasteiger partial charge is 0.329 e. The second-order valence-corrected chi connectivity index (χ2v) is 5.80. The fraction of sp³-hybridized carbons (Fsp3) is 0.571. The maximum atomic E-state index is 5.95. The summed E-state index contributed by atoms with van der Waals surface area (Å²) in [7, 11) is 0. The molecule has 0 N–H and O–H groups in total. The quantitative estimate of drug-likeness (QED) is 0.756. The molecule has 0 amide bonds. The van der Waals surface area contributed by atoms with Crippen LogP contribution in [0, 0.1) is 0 Å². The Labute approximate surface area is 112 Å². The van der Waals surface area contributed by atoms with Gasteiger partial charge < -0.3 is 4.57 Å². The van der Waals surface area contributed by atoms with E-state index in [0.29, 0.717) is 17.2 Å². The minimum atomic E-state index is 0.343. The Morgan fingerprint density at radius 2 is 2.06 bits per heavy atom. The third-order valence-electron chi connectivity index (χ3n) is 3.91. The van der Waals surface area contributed by atoms with Crippen molar-refractivity contribution in [3.8, 4) is 0 Å². The van der Waals surface area contributed by atoms with Crippen molar-refractivity contribution in [3.63, 3.8) is 0 Å². The first-order valence-electron chi connectivity index (χ1n) is 6.70. The molecule has 2 aromatic heterocycles. The zero-order valence-electron chi connectivity index (χ0n) is 10.9. The summed E-state index contributed by atoms with van der Waals surface area (Å²) in [5.41, 5.74) is 2.33. The highest BCUT2D eigenvalue weighted by Gasteiger charge is 2.22. The number of rotatable bonds is 2. The van der Waals surface area contributed by atoms with Crippen LogP contribution in [-0.4, -0.2) is 14.5 Å². The van der Waals surface area contributed by atoms with Crippen LogP contribution in [0.4, 0.5) is 0 Å². The van der Waals surface area contributed by atoms with Gasteiger partial charge in [-0.15, -0.1) is 0 Å². The highest BCUT2D eigenvalue weighted by molar-refractivity contribution is 6.28. The van der Waals surface area contributed by atoms with Crippen LogP contribution in [0.25, 0.3) is 11.0 Å². The summed E-state index contributed by atoms with van der Waals surface area (Å²) in [5, 5.41) is 1.50. The molecule has 4 heteroatoms. The number of nitrogens with zero attached hydrogens (tertiary/aromatic N) is 3. The van der Waals surface area contributed by atoms with Gasteiger partial charge in [-0.05, 0) is 35.9 Å². The molecule has 0 unspecified atom stereocenters. The molecule has 1 fully saturated rings. The predicted molar refractivity (Wildman–Crippen MR) is 74.1 cm³/mol. The van der Waals surface area contributed by atoms with Gasteiger partial charge in [0.05, 0.1) is 0 Å². The molecular formula is C14H18ClN3. The van der Waals surface area contributed by atoms with E-state index in [2.05, 4.69) is 34.6 Å².